The number of benzene rings is 1. The van der Waals surface area contributed by atoms with E-state index in [9.17, 15) is 22.4 Å². The average Bonchev–Trinajstić information content (AvgIpc) is 2.76. The monoisotopic (exact) mass is 309 g/mol. The SMILES string of the molecule is O=C(c1cnc(C(F)(F)F)s1)c1ccc(Cl)cc1F. The van der Waals surface area contributed by atoms with Crippen LogP contribution < -0.4 is 0 Å². The van der Waals surface area contributed by atoms with Gasteiger partial charge in [0, 0.05) is 11.2 Å². The van der Waals surface area contributed by atoms with Crippen molar-refractivity contribution >= 4 is 28.7 Å². The highest BCUT2D eigenvalue weighted by atomic mass is 35.5. The number of ketones is 1. The smallest absolute Gasteiger partial charge is 0.288 e. The van der Waals surface area contributed by atoms with E-state index in [2.05, 4.69) is 4.98 Å². The molecule has 0 aliphatic heterocycles. The first-order valence-corrected chi connectivity index (χ1v) is 6.01. The molecule has 1 aromatic heterocycles. The molecule has 1 heterocycles. The lowest BCUT2D eigenvalue weighted by Gasteiger charge is -2.01. The van der Waals surface area contributed by atoms with Crippen molar-refractivity contribution in [2.24, 2.45) is 0 Å². The minimum absolute atomic E-state index is 0.0920. The largest absolute Gasteiger partial charge is 0.443 e. The maximum absolute atomic E-state index is 13.5. The first kappa shape index (κ1) is 14.0. The zero-order valence-electron chi connectivity index (χ0n) is 8.96. The molecule has 0 amide bonds. The number of carbonyl (C=O) groups is 1. The molecule has 0 fully saturated rings. The van der Waals surface area contributed by atoms with Crippen LogP contribution in [0.15, 0.2) is 24.4 Å². The number of thiazole rings is 1. The van der Waals surface area contributed by atoms with Crippen molar-refractivity contribution < 1.29 is 22.4 Å². The molecular weight excluding hydrogens is 306 g/mol. The Labute approximate surface area is 113 Å². The molecule has 2 aromatic rings. The fourth-order valence-electron chi connectivity index (χ4n) is 1.32. The van der Waals surface area contributed by atoms with Gasteiger partial charge in [0.15, 0.2) is 5.01 Å². The van der Waals surface area contributed by atoms with Crippen LogP contribution in [0.3, 0.4) is 0 Å². The van der Waals surface area contributed by atoms with Gasteiger partial charge in [0.05, 0.1) is 10.4 Å². The lowest BCUT2D eigenvalue weighted by Crippen LogP contribution is -2.03. The van der Waals surface area contributed by atoms with Gasteiger partial charge < -0.3 is 0 Å². The average molecular weight is 310 g/mol. The summed E-state index contributed by atoms with van der Waals surface area (Å²) in [6.07, 6.45) is -3.84. The molecule has 2 rings (SSSR count). The van der Waals surface area contributed by atoms with Crippen molar-refractivity contribution in [3.63, 3.8) is 0 Å². The molecule has 8 heteroatoms. The van der Waals surface area contributed by atoms with Gasteiger partial charge in [-0.15, -0.1) is 11.3 Å². The number of hydrogen-bond acceptors (Lipinski definition) is 3. The second-order valence-electron chi connectivity index (χ2n) is 3.48. The molecular formula is C11H4ClF4NOS. The lowest BCUT2D eigenvalue weighted by atomic mass is 10.1. The van der Waals surface area contributed by atoms with E-state index in [4.69, 9.17) is 11.6 Å². The van der Waals surface area contributed by atoms with Crippen molar-refractivity contribution in [1.29, 1.82) is 0 Å². The van der Waals surface area contributed by atoms with Crippen molar-refractivity contribution in [1.82, 2.24) is 4.98 Å². The number of aromatic nitrogens is 1. The van der Waals surface area contributed by atoms with Crippen molar-refractivity contribution in [3.05, 3.63) is 50.7 Å². The summed E-state index contributed by atoms with van der Waals surface area (Å²) in [6.45, 7) is 0. The number of rotatable bonds is 2. The molecule has 100 valence electrons. The molecule has 0 atom stereocenters. The molecule has 0 saturated carbocycles. The summed E-state index contributed by atoms with van der Waals surface area (Å²) in [5.41, 5.74) is -0.346. The van der Waals surface area contributed by atoms with Gasteiger partial charge in [-0.2, -0.15) is 13.2 Å². The van der Waals surface area contributed by atoms with Crippen LogP contribution >= 0.6 is 22.9 Å². The Kier molecular flexibility index (Phi) is 3.60. The quantitative estimate of drug-likeness (QED) is 0.615. The molecule has 2 nitrogen and oxygen atoms in total. The Morgan fingerprint density at radius 3 is 2.53 bits per heavy atom. The predicted octanol–water partition coefficient (Wildman–Crippen LogP) is 4.19. The van der Waals surface area contributed by atoms with Gasteiger partial charge >= 0.3 is 6.18 Å². The first-order valence-electron chi connectivity index (χ1n) is 4.82. The van der Waals surface area contributed by atoms with Crippen LogP contribution in [0.1, 0.15) is 20.2 Å². The number of nitrogens with zero attached hydrogens (tertiary/aromatic N) is 1. The van der Waals surface area contributed by atoms with E-state index in [1.165, 1.54) is 6.07 Å². The van der Waals surface area contributed by atoms with E-state index in [1.54, 1.807) is 0 Å². The highest BCUT2D eigenvalue weighted by molar-refractivity contribution is 7.13. The summed E-state index contributed by atoms with van der Waals surface area (Å²) >= 11 is 5.69. The predicted molar refractivity (Wildman–Crippen MR) is 62.0 cm³/mol. The molecule has 0 N–H and O–H groups in total. The topological polar surface area (TPSA) is 30.0 Å². The number of halogens is 5. The maximum Gasteiger partial charge on any atom is 0.443 e. The standard InChI is InChI=1S/C11H4ClF4NOS/c12-5-1-2-6(7(13)3-5)9(18)8-4-17-10(19-8)11(14,15)16/h1-4H. The number of alkyl halides is 3. The molecule has 0 bridgehead atoms. The third-order valence-electron chi connectivity index (χ3n) is 2.15. The third kappa shape index (κ3) is 2.93. The van der Waals surface area contributed by atoms with Gasteiger partial charge in [0.2, 0.25) is 5.78 Å². The van der Waals surface area contributed by atoms with E-state index < -0.39 is 22.8 Å². The van der Waals surface area contributed by atoms with Gasteiger partial charge in [-0.3, -0.25) is 4.79 Å². The zero-order chi connectivity index (χ0) is 14.2. The van der Waals surface area contributed by atoms with E-state index >= 15 is 0 Å². The molecule has 0 spiro atoms. The van der Waals surface area contributed by atoms with Gasteiger partial charge in [0.25, 0.3) is 0 Å². The number of hydrogen-bond donors (Lipinski definition) is 0. The highest BCUT2D eigenvalue weighted by Crippen LogP contribution is 2.33. The van der Waals surface area contributed by atoms with Gasteiger partial charge in [-0.05, 0) is 18.2 Å². The fourth-order valence-corrected chi connectivity index (χ4v) is 2.21. The molecule has 0 radical (unpaired) electrons. The van der Waals surface area contributed by atoms with Gasteiger partial charge in [0.1, 0.15) is 5.82 Å². The van der Waals surface area contributed by atoms with E-state index in [0.717, 1.165) is 18.3 Å². The van der Waals surface area contributed by atoms with Crippen molar-refractivity contribution in [3.8, 4) is 0 Å². The van der Waals surface area contributed by atoms with Crippen LogP contribution in [-0.4, -0.2) is 10.8 Å². The van der Waals surface area contributed by atoms with E-state index in [-0.39, 0.29) is 26.8 Å². The Hall–Kier alpha value is -1.47. The summed E-state index contributed by atoms with van der Waals surface area (Å²) in [7, 11) is 0. The molecule has 1 aromatic carbocycles. The van der Waals surface area contributed by atoms with E-state index in [0.29, 0.717) is 0 Å². The Bertz CT molecular complexity index is 638. The maximum atomic E-state index is 13.5. The second kappa shape index (κ2) is 4.90. The minimum Gasteiger partial charge on any atom is -0.288 e. The van der Waals surface area contributed by atoms with E-state index in [1.807, 2.05) is 0 Å². The lowest BCUT2D eigenvalue weighted by molar-refractivity contribution is -0.137. The van der Waals surface area contributed by atoms with Gasteiger partial charge in [-0.25, -0.2) is 9.37 Å². The molecule has 0 aliphatic rings. The Balaban J connectivity index is 2.37. The summed E-state index contributed by atoms with van der Waals surface area (Å²) < 4.78 is 50.5. The molecule has 0 aliphatic carbocycles. The Morgan fingerprint density at radius 1 is 1.32 bits per heavy atom. The van der Waals surface area contributed by atoms with Crippen molar-refractivity contribution in [2.45, 2.75) is 6.18 Å². The van der Waals surface area contributed by atoms with Crippen LogP contribution in [0.4, 0.5) is 17.6 Å². The minimum atomic E-state index is -4.62. The first-order chi connectivity index (χ1) is 8.79. The van der Waals surface area contributed by atoms with Crippen molar-refractivity contribution in [2.75, 3.05) is 0 Å². The zero-order valence-corrected chi connectivity index (χ0v) is 10.5. The summed E-state index contributed by atoms with van der Waals surface area (Å²) in [5, 5.41) is -1.06. The van der Waals surface area contributed by atoms with Crippen LogP contribution in [0, 0.1) is 5.82 Å². The van der Waals surface area contributed by atoms with Gasteiger partial charge in [-0.1, -0.05) is 11.6 Å². The molecule has 0 unspecified atom stereocenters. The third-order valence-corrected chi connectivity index (χ3v) is 3.42. The summed E-state index contributed by atoms with van der Waals surface area (Å²) in [5.74, 6) is -1.75. The van der Waals surface area contributed by atoms with Crippen LogP contribution in [0.25, 0.3) is 0 Å². The summed E-state index contributed by atoms with van der Waals surface area (Å²) in [4.78, 5) is 14.7. The van der Waals surface area contributed by atoms with Crippen LogP contribution in [-0.2, 0) is 6.18 Å². The highest BCUT2D eigenvalue weighted by Gasteiger charge is 2.35. The number of carbonyl (C=O) groups excluding carboxylic acids is 1. The molecule has 0 saturated heterocycles. The van der Waals surface area contributed by atoms with Crippen LogP contribution in [0.5, 0.6) is 0 Å². The van der Waals surface area contributed by atoms with Crippen LogP contribution in [0.2, 0.25) is 5.02 Å². The normalized spacial score (nSPS) is 11.6. The second-order valence-corrected chi connectivity index (χ2v) is 4.95. The molecule has 19 heavy (non-hydrogen) atoms. The fraction of sp³-hybridized carbons (Fsp3) is 0.0909. The summed E-state index contributed by atoms with van der Waals surface area (Å²) in [6, 6.07) is 3.32. The Morgan fingerprint density at radius 2 is 2.00 bits per heavy atom.